The van der Waals surface area contributed by atoms with Crippen LogP contribution < -0.4 is 10.1 Å². The van der Waals surface area contributed by atoms with E-state index in [2.05, 4.69) is 31.3 Å². The Hall–Kier alpha value is -1.85. The molecule has 6 atom stereocenters. The van der Waals surface area contributed by atoms with Crippen molar-refractivity contribution in [2.24, 2.45) is 23.2 Å². The Morgan fingerprint density at radius 3 is 2.93 bits per heavy atom. The van der Waals surface area contributed by atoms with Gasteiger partial charge in [-0.25, -0.2) is 0 Å². The number of esters is 1. The van der Waals surface area contributed by atoms with Crippen LogP contribution in [-0.4, -0.2) is 43.5 Å². The number of allylic oxidation sites excluding steroid dienone is 1. The maximum Gasteiger partial charge on any atom is 0.315 e. The van der Waals surface area contributed by atoms with Crippen molar-refractivity contribution in [2.75, 3.05) is 20.2 Å². The van der Waals surface area contributed by atoms with Crippen LogP contribution in [-0.2, 0) is 16.0 Å². The number of hydrogen-bond acceptors (Lipinski definition) is 4. The van der Waals surface area contributed by atoms with E-state index in [-0.39, 0.29) is 29.3 Å². The standard InChI is InChI=1S/C24H33NO4/c1-15-7-6-9-17-13-20-21(22(26)24(15,17)2)18(23(27)29-20)14-25-12-11-16-8-4-5-10-19(16)28-3/h4-5,8-10,15,18,20-22,25-26H,6-7,11-14H2,1-3H3/p+1/t15-,18-,20+,21+,22-,24+/m0/s1. The molecule has 4 rings (SSSR count). The lowest BCUT2D eigenvalue weighted by molar-refractivity contribution is -0.659. The quantitative estimate of drug-likeness (QED) is 0.436. The summed E-state index contributed by atoms with van der Waals surface area (Å²) in [6.45, 7) is 5.96. The summed E-state index contributed by atoms with van der Waals surface area (Å²) in [4.78, 5) is 12.6. The van der Waals surface area contributed by atoms with E-state index in [0.717, 1.165) is 38.0 Å². The van der Waals surface area contributed by atoms with Gasteiger partial charge in [-0.3, -0.25) is 4.79 Å². The molecule has 1 aromatic carbocycles. The largest absolute Gasteiger partial charge is 0.496 e. The van der Waals surface area contributed by atoms with Crippen LogP contribution in [0.25, 0.3) is 0 Å². The van der Waals surface area contributed by atoms with E-state index in [9.17, 15) is 9.90 Å². The van der Waals surface area contributed by atoms with Crippen LogP contribution in [0.5, 0.6) is 5.75 Å². The number of quaternary nitrogens is 1. The van der Waals surface area contributed by atoms with Gasteiger partial charge in [0.15, 0.2) is 0 Å². The number of fused-ring (bicyclic) bond motifs is 2. The van der Waals surface area contributed by atoms with Crippen LogP contribution in [0.2, 0.25) is 0 Å². The number of para-hydroxylation sites is 1. The minimum atomic E-state index is -0.526. The number of aliphatic hydroxyl groups is 1. The molecule has 2 aliphatic carbocycles. The summed E-state index contributed by atoms with van der Waals surface area (Å²) in [7, 11) is 1.69. The lowest BCUT2D eigenvalue weighted by atomic mass is 9.55. The monoisotopic (exact) mass is 400 g/mol. The second kappa shape index (κ2) is 8.11. The summed E-state index contributed by atoms with van der Waals surface area (Å²) < 4.78 is 11.2. The lowest BCUT2D eigenvalue weighted by Crippen LogP contribution is -2.86. The van der Waals surface area contributed by atoms with Crippen LogP contribution in [0.3, 0.4) is 0 Å². The Balaban J connectivity index is 1.41. The van der Waals surface area contributed by atoms with E-state index < -0.39 is 6.10 Å². The Bertz CT molecular complexity index is 791. The number of hydrogen-bond donors (Lipinski definition) is 2. The van der Waals surface area contributed by atoms with Crippen LogP contribution >= 0.6 is 0 Å². The fourth-order valence-electron chi connectivity index (χ4n) is 5.80. The van der Waals surface area contributed by atoms with Crippen molar-refractivity contribution in [1.29, 1.82) is 0 Å². The number of ether oxygens (including phenoxy) is 2. The first-order valence-corrected chi connectivity index (χ1v) is 11.0. The second-order valence-corrected chi connectivity index (χ2v) is 9.17. The van der Waals surface area contributed by atoms with Gasteiger partial charge in [-0.1, -0.05) is 43.7 Å². The molecule has 0 unspecified atom stereocenters. The molecule has 1 heterocycles. The lowest BCUT2D eigenvalue weighted by Gasteiger charge is -2.51. The molecule has 5 heteroatoms. The first kappa shape index (κ1) is 20.4. The molecule has 2 fully saturated rings. The molecule has 158 valence electrons. The average molecular weight is 401 g/mol. The predicted octanol–water partition coefficient (Wildman–Crippen LogP) is 2.09. The highest BCUT2D eigenvalue weighted by Gasteiger charge is 2.60. The van der Waals surface area contributed by atoms with Gasteiger partial charge in [0.05, 0.1) is 26.3 Å². The zero-order chi connectivity index (χ0) is 20.6. The van der Waals surface area contributed by atoms with E-state index in [0.29, 0.717) is 12.5 Å². The SMILES string of the molecule is COc1ccccc1CC[NH2+]C[C@@H]1C(=O)O[C@@H]2CC3=CCC[C@H](C)[C@@]3(C)[C@@H](O)[C@H]12. The van der Waals surface area contributed by atoms with E-state index in [1.165, 1.54) is 11.1 Å². The predicted molar refractivity (Wildman–Crippen MR) is 110 cm³/mol. The first-order valence-electron chi connectivity index (χ1n) is 11.0. The smallest absolute Gasteiger partial charge is 0.315 e. The van der Waals surface area contributed by atoms with Gasteiger partial charge >= 0.3 is 5.97 Å². The van der Waals surface area contributed by atoms with Gasteiger partial charge < -0.3 is 19.9 Å². The van der Waals surface area contributed by atoms with Crippen molar-refractivity contribution < 1.29 is 24.7 Å². The van der Waals surface area contributed by atoms with E-state index in [1.807, 2.05) is 18.2 Å². The fourth-order valence-corrected chi connectivity index (χ4v) is 5.80. The number of nitrogens with two attached hydrogens (primary N) is 1. The number of methoxy groups -OCH3 is 1. The van der Waals surface area contributed by atoms with Crippen LogP contribution in [0.1, 0.15) is 38.7 Å². The molecule has 1 aliphatic heterocycles. The van der Waals surface area contributed by atoms with Crippen molar-refractivity contribution in [3.8, 4) is 5.75 Å². The van der Waals surface area contributed by atoms with Gasteiger partial charge in [-0.2, -0.15) is 0 Å². The van der Waals surface area contributed by atoms with Crippen molar-refractivity contribution in [3.63, 3.8) is 0 Å². The minimum Gasteiger partial charge on any atom is -0.496 e. The summed E-state index contributed by atoms with van der Waals surface area (Å²) >= 11 is 0. The molecule has 0 aromatic heterocycles. The number of benzene rings is 1. The van der Waals surface area contributed by atoms with Crippen LogP contribution in [0.15, 0.2) is 35.9 Å². The van der Waals surface area contributed by atoms with Crippen LogP contribution in [0, 0.1) is 23.2 Å². The molecule has 0 radical (unpaired) electrons. The van der Waals surface area contributed by atoms with Crippen molar-refractivity contribution in [1.82, 2.24) is 0 Å². The Kier molecular flexibility index (Phi) is 5.71. The molecule has 3 N–H and O–H groups in total. The molecule has 29 heavy (non-hydrogen) atoms. The van der Waals surface area contributed by atoms with Gasteiger partial charge in [0.25, 0.3) is 0 Å². The van der Waals surface area contributed by atoms with E-state index >= 15 is 0 Å². The summed E-state index contributed by atoms with van der Waals surface area (Å²) in [5.74, 6) is 0.850. The topological polar surface area (TPSA) is 72.4 Å². The fraction of sp³-hybridized carbons (Fsp3) is 0.625. The highest BCUT2D eigenvalue weighted by atomic mass is 16.6. The molecule has 0 amide bonds. The van der Waals surface area contributed by atoms with E-state index in [1.54, 1.807) is 7.11 Å². The molecular formula is C24H34NO4+. The number of rotatable bonds is 6. The third kappa shape index (κ3) is 3.49. The summed E-state index contributed by atoms with van der Waals surface area (Å²) in [5, 5.41) is 13.6. The van der Waals surface area contributed by atoms with Crippen molar-refractivity contribution in [2.45, 2.75) is 51.7 Å². The summed E-state index contributed by atoms with van der Waals surface area (Å²) in [6.07, 6.45) is 5.40. The Morgan fingerprint density at radius 1 is 1.34 bits per heavy atom. The normalized spacial score (nSPS) is 36.1. The number of aliphatic hydroxyl groups excluding tert-OH is 1. The molecule has 5 nitrogen and oxygen atoms in total. The highest BCUT2D eigenvalue weighted by Crippen LogP contribution is 2.55. The molecule has 1 aromatic rings. The van der Waals surface area contributed by atoms with Gasteiger partial charge in [0.1, 0.15) is 17.8 Å². The van der Waals surface area contributed by atoms with Gasteiger partial charge in [0, 0.05) is 24.2 Å². The molecule has 0 spiro atoms. The zero-order valence-electron chi connectivity index (χ0n) is 17.8. The maximum atomic E-state index is 12.6. The third-order valence-corrected chi connectivity index (χ3v) is 7.80. The maximum absolute atomic E-state index is 12.6. The second-order valence-electron chi connectivity index (χ2n) is 9.17. The van der Waals surface area contributed by atoms with Crippen LogP contribution in [0.4, 0.5) is 0 Å². The zero-order valence-corrected chi connectivity index (χ0v) is 17.8. The first-order chi connectivity index (χ1) is 14.0. The third-order valence-electron chi connectivity index (χ3n) is 7.80. The van der Waals surface area contributed by atoms with Gasteiger partial charge in [-0.05, 0) is 30.4 Å². The Morgan fingerprint density at radius 2 is 2.14 bits per heavy atom. The van der Waals surface area contributed by atoms with Crippen molar-refractivity contribution in [3.05, 3.63) is 41.5 Å². The molecular weight excluding hydrogens is 366 g/mol. The van der Waals surface area contributed by atoms with E-state index in [4.69, 9.17) is 9.47 Å². The molecule has 3 aliphatic rings. The molecule has 0 bridgehead atoms. The average Bonchev–Trinajstić information content (AvgIpc) is 3.03. The Labute approximate surface area is 173 Å². The minimum absolute atomic E-state index is 0.104. The highest BCUT2D eigenvalue weighted by molar-refractivity contribution is 5.76. The molecule has 1 saturated carbocycles. The molecule has 1 saturated heterocycles. The summed E-state index contributed by atoms with van der Waals surface area (Å²) in [6, 6.07) is 8.05. The van der Waals surface area contributed by atoms with Crippen molar-refractivity contribution >= 4 is 5.97 Å². The number of carbonyl (C=O) groups excluding carboxylic acids is 1. The number of carbonyl (C=O) groups is 1. The van der Waals surface area contributed by atoms with Gasteiger partial charge in [0.2, 0.25) is 0 Å². The van der Waals surface area contributed by atoms with Gasteiger partial charge in [-0.15, -0.1) is 0 Å². The summed E-state index contributed by atoms with van der Waals surface area (Å²) in [5.41, 5.74) is 2.23.